The van der Waals surface area contributed by atoms with Crippen LogP contribution in [0.15, 0.2) is 52.5 Å². The topological polar surface area (TPSA) is 85.8 Å². The van der Waals surface area contributed by atoms with Gasteiger partial charge < -0.3 is 9.73 Å². The van der Waals surface area contributed by atoms with Crippen molar-refractivity contribution >= 4 is 17.7 Å². The standard InChI is InChI=1S/C19H23N5O2S/c1-14(2)7-9-21-17(25)13-27-19-23-22-18(15-5-3-8-20-11-15)24(19)12-16-6-4-10-26-16/h3-6,8,10-11,14H,7,9,12-13H2,1-2H3,(H,21,25). The average molecular weight is 385 g/mol. The third-order valence-electron chi connectivity index (χ3n) is 3.91. The van der Waals surface area contributed by atoms with E-state index in [2.05, 4.69) is 34.3 Å². The van der Waals surface area contributed by atoms with Crippen LogP contribution in [0.5, 0.6) is 0 Å². The summed E-state index contributed by atoms with van der Waals surface area (Å²) in [5, 5.41) is 12.2. The summed E-state index contributed by atoms with van der Waals surface area (Å²) in [6.07, 6.45) is 6.07. The largest absolute Gasteiger partial charge is 0.467 e. The zero-order chi connectivity index (χ0) is 19.1. The van der Waals surface area contributed by atoms with Gasteiger partial charge in [0, 0.05) is 24.5 Å². The van der Waals surface area contributed by atoms with E-state index in [1.54, 1.807) is 18.7 Å². The molecule has 0 spiro atoms. The molecule has 0 saturated carbocycles. The number of hydrogen-bond acceptors (Lipinski definition) is 6. The molecule has 27 heavy (non-hydrogen) atoms. The van der Waals surface area contributed by atoms with E-state index in [-0.39, 0.29) is 5.91 Å². The highest BCUT2D eigenvalue weighted by atomic mass is 32.2. The fourth-order valence-electron chi connectivity index (χ4n) is 2.49. The molecule has 3 rings (SSSR count). The Kier molecular flexibility index (Phi) is 6.64. The molecule has 0 aliphatic heterocycles. The first-order valence-electron chi connectivity index (χ1n) is 8.89. The molecule has 142 valence electrons. The van der Waals surface area contributed by atoms with E-state index in [4.69, 9.17) is 4.42 Å². The summed E-state index contributed by atoms with van der Waals surface area (Å²) in [6.45, 7) is 5.45. The first kappa shape index (κ1) is 19.2. The molecule has 0 radical (unpaired) electrons. The summed E-state index contributed by atoms with van der Waals surface area (Å²) in [4.78, 5) is 16.2. The van der Waals surface area contributed by atoms with Crippen LogP contribution in [0.25, 0.3) is 11.4 Å². The van der Waals surface area contributed by atoms with Gasteiger partial charge in [-0.2, -0.15) is 0 Å². The summed E-state index contributed by atoms with van der Waals surface area (Å²) < 4.78 is 7.42. The maximum atomic E-state index is 12.1. The lowest BCUT2D eigenvalue weighted by Gasteiger charge is -2.09. The molecule has 7 nitrogen and oxygen atoms in total. The van der Waals surface area contributed by atoms with Crippen LogP contribution < -0.4 is 5.32 Å². The van der Waals surface area contributed by atoms with E-state index in [9.17, 15) is 4.79 Å². The van der Waals surface area contributed by atoms with Crippen LogP contribution in [-0.4, -0.2) is 38.0 Å². The second-order valence-corrected chi connectivity index (χ2v) is 7.48. The minimum atomic E-state index is -0.00359. The first-order chi connectivity index (χ1) is 13.1. The molecule has 0 aliphatic rings. The Labute approximate surface area is 162 Å². The summed E-state index contributed by atoms with van der Waals surface area (Å²) >= 11 is 1.37. The van der Waals surface area contributed by atoms with Gasteiger partial charge in [-0.1, -0.05) is 25.6 Å². The number of thioether (sulfide) groups is 1. The minimum Gasteiger partial charge on any atom is -0.467 e. The van der Waals surface area contributed by atoms with Crippen LogP contribution in [0.3, 0.4) is 0 Å². The van der Waals surface area contributed by atoms with Crippen LogP contribution >= 0.6 is 11.8 Å². The molecule has 3 heterocycles. The summed E-state index contributed by atoms with van der Waals surface area (Å²) in [5.41, 5.74) is 0.866. The number of carbonyl (C=O) groups is 1. The van der Waals surface area contributed by atoms with E-state index in [1.807, 2.05) is 28.8 Å². The average Bonchev–Trinajstić information content (AvgIpc) is 3.31. The van der Waals surface area contributed by atoms with Crippen LogP contribution in [0.4, 0.5) is 0 Å². The van der Waals surface area contributed by atoms with Gasteiger partial charge in [0.05, 0.1) is 18.6 Å². The number of aromatic nitrogens is 4. The van der Waals surface area contributed by atoms with E-state index in [0.717, 1.165) is 17.7 Å². The molecule has 0 unspecified atom stereocenters. The second kappa shape index (κ2) is 9.36. The van der Waals surface area contributed by atoms with Gasteiger partial charge in [-0.15, -0.1) is 10.2 Å². The number of hydrogen-bond donors (Lipinski definition) is 1. The fraction of sp³-hybridized carbons (Fsp3) is 0.368. The maximum Gasteiger partial charge on any atom is 0.230 e. The van der Waals surface area contributed by atoms with Crippen molar-refractivity contribution in [3.05, 3.63) is 48.7 Å². The quantitative estimate of drug-likeness (QED) is 0.569. The molecular formula is C19H23N5O2S. The third kappa shape index (κ3) is 5.43. The molecule has 3 aromatic heterocycles. The van der Waals surface area contributed by atoms with E-state index in [1.165, 1.54) is 11.8 Å². The van der Waals surface area contributed by atoms with Gasteiger partial charge in [-0.05, 0) is 36.6 Å². The zero-order valence-corrected chi connectivity index (χ0v) is 16.3. The molecule has 0 aliphatic carbocycles. The normalized spacial score (nSPS) is 11.1. The molecule has 0 saturated heterocycles. The van der Waals surface area contributed by atoms with Crippen LogP contribution in [0.1, 0.15) is 26.0 Å². The van der Waals surface area contributed by atoms with Crippen molar-refractivity contribution in [3.8, 4) is 11.4 Å². The van der Waals surface area contributed by atoms with E-state index < -0.39 is 0 Å². The van der Waals surface area contributed by atoms with Crippen molar-refractivity contribution in [2.75, 3.05) is 12.3 Å². The lowest BCUT2D eigenvalue weighted by molar-refractivity contribution is -0.118. The Bertz CT molecular complexity index is 846. The minimum absolute atomic E-state index is 0.00359. The summed E-state index contributed by atoms with van der Waals surface area (Å²) in [5.74, 6) is 2.35. The number of carbonyl (C=O) groups excluding carboxylic acids is 1. The maximum absolute atomic E-state index is 12.1. The molecule has 0 fully saturated rings. The Morgan fingerprint density at radius 1 is 1.30 bits per heavy atom. The van der Waals surface area contributed by atoms with Crippen LogP contribution in [-0.2, 0) is 11.3 Å². The summed E-state index contributed by atoms with van der Waals surface area (Å²) in [6, 6.07) is 7.54. The Morgan fingerprint density at radius 3 is 2.89 bits per heavy atom. The van der Waals surface area contributed by atoms with Gasteiger partial charge in [0.15, 0.2) is 11.0 Å². The zero-order valence-electron chi connectivity index (χ0n) is 15.5. The lowest BCUT2D eigenvalue weighted by atomic mass is 10.1. The second-order valence-electron chi connectivity index (χ2n) is 6.53. The highest BCUT2D eigenvalue weighted by Crippen LogP contribution is 2.24. The van der Waals surface area contributed by atoms with E-state index >= 15 is 0 Å². The van der Waals surface area contributed by atoms with Gasteiger partial charge in [0.25, 0.3) is 0 Å². The molecule has 0 aromatic carbocycles. The van der Waals surface area contributed by atoms with Crippen molar-refractivity contribution in [2.45, 2.75) is 32.0 Å². The Balaban J connectivity index is 1.72. The molecular weight excluding hydrogens is 362 g/mol. The smallest absolute Gasteiger partial charge is 0.230 e. The van der Waals surface area contributed by atoms with Crippen LogP contribution in [0.2, 0.25) is 0 Å². The molecule has 1 N–H and O–H groups in total. The van der Waals surface area contributed by atoms with Crippen molar-refractivity contribution in [1.82, 2.24) is 25.1 Å². The van der Waals surface area contributed by atoms with Gasteiger partial charge in [-0.3, -0.25) is 14.3 Å². The first-order valence-corrected chi connectivity index (χ1v) is 9.87. The number of nitrogens with one attached hydrogen (secondary N) is 1. The molecule has 0 bridgehead atoms. The van der Waals surface area contributed by atoms with Crippen molar-refractivity contribution in [2.24, 2.45) is 5.92 Å². The third-order valence-corrected chi connectivity index (χ3v) is 4.87. The van der Waals surface area contributed by atoms with Crippen molar-refractivity contribution < 1.29 is 9.21 Å². The number of rotatable bonds is 9. The number of furan rings is 1. The number of nitrogens with zero attached hydrogens (tertiary/aromatic N) is 4. The van der Waals surface area contributed by atoms with Gasteiger partial charge in [0.2, 0.25) is 5.91 Å². The van der Waals surface area contributed by atoms with Gasteiger partial charge in [0.1, 0.15) is 5.76 Å². The molecule has 3 aromatic rings. The highest BCUT2D eigenvalue weighted by Gasteiger charge is 2.17. The number of pyridine rings is 1. The molecule has 1 amide bonds. The van der Waals surface area contributed by atoms with Crippen molar-refractivity contribution in [1.29, 1.82) is 0 Å². The predicted octanol–water partition coefficient (Wildman–Crippen LogP) is 3.24. The van der Waals surface area contributed by atoms with E-state index in [0.29, 0.717) is 35.7 Å². The molecule has 0 atom stereocenters. The Morgan fingerprint density at radius 2 is 2.19 bits per heavy atom. The molecule has 8 heteroatoms. The fourth-order valence-corrected chi connectivity index (χ4v) is 3.25. The van der Waals surface area contributed by atoms with Crippen molar-refractivity contribution in [3.63, 3.8) is 0 Å². The number of amides is 1. The van der Waals surface area contributed by atoms with Gasteiger partial charge in [-0.25, -0.2) is 0 Å². The summed E-state index contributed by atoms with van der Waals surface area (Å²) in [7, 11) is 0. The lowest BCUT2D eigenvalue weighted by Crippen LogP contribution is -2.27. The predicted molar refractivity (Wildman–Crippen MR) is 104 cm³/mol. The van der Waals surface area contributed by atoms with Crippen LogP contribution in [0, 0.1) is 5.92 Å². The SMILES string of the molecule is CC(C)CCNC(=O)CSc1nnc(-c2cccnc2)n1Cc1ccco1. The highest BCUT2D eigenvalue weighted by molar-refractivity contribution is 7.99. The monoisotopic (exact) mass is 385 g/mol. The Hall–Kier alpha value is -2.61. The van der Waals surface area contributed by atoms with Gasteiger partial charge >= 0.3 is 0 Å².